The quantitative estimate of drug-likeness (QED) is 0.482. The minimum Gasteiger partial charge on any atom is -0.453 e. The first-order valence-electron chi connectivity index (χ1n) is 7.60. The molecule has 0 saturated heterocycles. The van der Waals surface area contributed by atoms with Gasteiger partial charge in [-0.1, -0.05) is 0 Å². The van der Waals surface area contributed by atoms with Gasteiger partial charge in [0.1, 0.15) is 16.5 Å². The number of methoxy groups -OCH3 is 1. The molecule has 0 aliphatic heterocycles. The fourth-order valence-corrected chi connectivity index (χ4v) is 2.90. The van der Waals surface area contributed by atoms with E-state index in [-0.39, 0.29) is 19.4 Å². The Morgan fingerprint density at radius 1 is 1.22 bits per heavy atom. The van der Waals surface area contributed by atoms with Crippen molar-refractivity contribution in [3.05, 3.63) is 29.8 Å². The van der Waals surface area contributed by atoms with Gasteiger partial charge in [-0.15, -0.1) is 0 Å². The van der Waals surface area contributed by atoms with E-state index in [2.05, 4.69) is 9.46 Å². The number of amides is 2. The zero-order chi connectivity index (χ0) is 20.6. The number of imide groups is 1. The number of esters is 1. The van der Waals surface area contributed by atoms with E-state index in [0.717, 1.165) is 19.2 Å². The molecule has 1 aromatic carbocycles. The number of rotatable bonds is 8. The molecular weight excluding hydrogens is 390 g/mol. The average Bonchev–Trinajstić information content (AvgIpc) is 2.58. The Bertz CT molecular complexity index is 814. The number of hydrogen-bond donors (Lipinski definition) is 2. The zero-order valence-electron chi connectivity index (χ0n) is 14.5. The van der Waals surface area contributed by atoms with Crippen molar-refractivity contribution in [1.82, 2.24) is 10.0 Å². The maximum absolute atomic E-state index is 13.5. The second kappa shape index (κ2) is 9.92. The van der Waals surface area contributed by atoms with Crippen molar-refractivity contribution in [3.8, 4) is 0 Å². The first-order valence-corrected chi connectivity index (χ1v) is 9.08. The number of nitrogens with one attached hydrogen (secondary N) is 2. The molecule has 150 valence electrons. The lowest BCUT2D eigenvalue weighted by atomic mass is 10.3. The van der Waals surface area contributed by atoms with Gasteiger partial charge in [-0.2, -0.15) is 0 Å². The van der Waals surface area contributed by atoms with Gasteiger partial charge >= 0.3 is 12.1 Å². The smallest absolute Gasteiger partial charge is 0.413 e. The van der Waals surface area contributed by atoms with E-state index in [1.165, 1.54) is 6.92 Å². The molecular formula is C15H18F2N2O7S. The lowest BCUT2D eigenvalue weighted by molar-refractivity contribution is -0.154. The summed E-state index contributed by atoms with van der Waals surface area (Å²) in [5, 5.41) is 1.82. The summed E-state index contributed by atoms with van der Waals surface area (Å²) in [7, 11) is -3.16. The van der Waals surface area contributed by atoms with Gasteiger partial charge in [0.05, 0.1) is 7.11 Å². The number of hydrogen-bond acceptors (Lipinski definition) is 7. The Kier molecular flexibility index (Phi) is 8.25. The van der Waals surface area contributed by atoms with Crippen LogP contribution in [0.5, 0.6) is 0 Å². The molecule has 0 bridgehead atoms. The molecule has 0 aliphatic rings. The highest BCUT2D eigenvalue weighted by Gasteiger charge is 2.21. The van der Waals surface area contributed by atoms with E-state index in [9.17, 15) is 31.6 Å². The predicted octanol–water partition coefficient (Wildman–Crippen LogP) is 0.838. The van der Waals surface area contributed by atoms with Crippen LogP contribution in [-0.4, -0.2) is 46.1 Å². The Labute approximate surface area is 154 Å². The highest BCUT2D eigenvalue weighted by molar-refractivity contribution is 7.89. The SMILES string of the molecule is COC(=O)NC(=O)[C@H](C)OC(=O)CCCNS(=O)(=O)c1ccc(F)cc1F. The summed E-state index contributed by atoms with van der Waals surface area (Å²) in [5.41, 5.74) is 0. The van der Waals surface area contributed by atoms with Gasteiger partial charge in [-0.25, -0.2) is 26.7 Å². The van der Waals surface area contributed by atoms with Gasteiger partial charge in [-0.3, -0.25) is 14.9 Å². The molecule has 2 amide bonds. The molecule has 0 radical (unpaired) electrons. The lowest BCUT2D eigenvalue weighted by Crippen LogP contribution is -2.39. The average molecular weight is 408 g/mol. The number of ether oxygens (including phenoxy) is 2. The Balaban J connectivity index is 2.43. The summed E-state index contributed by atoms with van der Waals surface area (Å²) < 4.78 is 61.2. The molecule has 1 aromatic rings. The van der Waals surface area contributed by atoms with E-state index in [1.807, 2.05) is 5.32 Å². The maximum atomic E-state index is 13.5. The Morgan fingerprint density at radius 3 is 2.48 bits per heavy atom. The standard InChI is InChI=1S/C15H18F2N2O7S/c1-9(14(21)19-15(22)25-2)26-13(20)4-3-7-18-27(23,24)12-6-5-10(16)8-11(12)17/h5-6,8-9,18H,3-4,7H2,1-2H3,(H,19,21,22)/t9-/m0/s1. The van der Waals surface area contributed by atoms with Crippen molar-refractivity contribution in [2.24, 2.45) is 0 Å². The zero-order valence-corrected chi connectivity index (χ0v) is 15.3. The molecule has 2 N–H and O–H groups in total. The van der Waals surface area contributed by atoms with Crippen LogP contribution in [0.25, 0.3) is 0 Å². The van der Waals surface area contributed by atoms with Crippen LogP contribution in [0.3, 0.4) is 0 Å². The highest BCUT2D eigenvalue weighted by Crippen LogP contribution is 2.15. The van der Waals surface area contributed by atoms with Crippen molar-refractivity contribution in [1.29, 1.82) is 0 Å². The van der Waals surface area contributed by atoms with E-state index < -0.39 is 50.6 Å². The van der Waals surface area contributed by atoms with Crippen molar-refractivity contribution >= 4 is 28.0 Å². The van der Waals surface area contributed by atoms with Gasteiger partial charge in [0.25, 0.3) is 5.91 Å². The minimum absolute atomic E-state index is 0.00772. The van der Waals surface area contributed by atoms with E-state index in [4.69, 9.17) is 4.74 Å². The van der Waals surface area contributed by atoms with Crippen LogP contribution in [0, 0.1) is 11.6 Å². The van der Waals surface area contributed by atoms with Crippen LogP contribution >= 0.6 is 0 Å². The second-order valence-electron chi connectivity index (χ2n) is 5.19. The van der Waals surface area contributed by atoms with Crippen LogP contribution in [0.2, 0.25) is 0 Å². The molecule has 0 aromatic heterocycles. The summed E-state index contributed by atoms with van der Waals surface area (Å²) in [5.74, 6) is -3.86. The van der Waals surface area contributed by atoms with Gasteiger partial charge in [0.2, 0.25) is 10.0 Å². The second-order valence-corrected chi connectivity index (χ2v) is 6.92. The fraction of sp³-hybridized carbons (Fsp3) is 0.400. The van der Waals surface area contributed by atoms with Gasteiger partial charge in [-0.05, 0) is 25.5 Å². The summed E-state index contributed by atoms with van der Waals surface area (Å²) in [6, 6.07) is 2.02. The predicted molar refractivity (Wildman–Crippen MR) is 86.9 cm³/mol. The van der Waals surface area contributed by atoms with Gasteiger partial charge in [0.15, 0.2) is 6.10 Å². The number of sulfonamides is 1. The van der Waals surface area contributed by atoms with Crippen LogP contribution in [0.15, 0.2) is 23.1 Å². The third kappa shape index (κ3) is 7.27. The van der Waals surface area contributed by atoms with Gasteiger partial charge in [0, 0.05) is 19.0 Å². The van der Waals surface area contributed by atoms with E-state index >= 15 is 0 Å². The molecule has 27 heavy (non-hydrogen) atoms. The molecule has 12 heteroatoms. The Morgan fingerprint density at radius 2 is 1.89 bits per heavy atom. The lowest BCUT2D eigenvalue weighted by Gasteiger charge is -2.12. The summed E-state index contributed by atoms with van der Waals surface area (Å²) >= 11 is 0. The van der Waals surface area contributed by atoms with Crippen molar-refractivity contribution in [2.75, 3.05) is 13.7 Å². The number of halogens is 2. The van der Waals surface area contributed by atoms with Crippen molar-refractivity contribution < 1.29 is 41.1 Å². The maximum Gasteiger partial charge on any atom is 0.413 e. The fourth-order valence-electron chi connectivity index (χ4n) is 1.77. The first-order chi connectivity index (χ1) is 12.6. The van der Waals surface area contributed by atoms with Crippen molar-refractivity contribution in [2.45, 2.75) is 30.8 Å². The number of alkyl carbamates (subject to hydrolysis) is 1. The normalized spacial score (nSPS) is 12.1. The van der Waals surface area contributed by atoms with Gasteiger partial charge < -0.3 is 9.47 Å². The first kappa shape index (κ1) is 22.4. The third-order valence-electron chi connectivity index (χ3n) is 3.12. The molecule has 1 atom stereocenters. The van der Waals surface area contributed by atoms with Crippen molar-refractivity contribution in [3.63, 3.8) is 0 Å². The van der Waals surface area contributed by atoms with Crippen LogP contribution in [0.4, 0.5) is 13.6 Å². The molecule has 0 unspecified atom stereocenters. The number of benzene rings is 1. The Hall–Kier alpha value is -2.60. The van der Waals surface area contributed by atoms with Crippen LogP contribution in [-0.2, 0) is 29.1 Å². The monoisotopic (exact) mass is 408 g/mol. The van der Waals surface area contributed by atoms with E-state index in [1.54, 1.807) is 0 Å². The molecule has 0 fully saturated rings. The minimum atomic E-state index is -4.22. The summed E-state index contributed by atoms with van der Waals surface area (Å²) in [6.45, 7) is 1.01. The molecule has 0 aliphatic carbocycles. The molecule has 0 saturated carbocycles. The van der Waals surface area contributed by atoms with Crippen LogP contribution in [0.1, 0.15) is 19.8 Å². The largest absolute Gasteiger partial charge is 0.453 e. The molecule has 0 spiro atoms. The summed E-state index contributed by atoms with van der Waals surface area (Å²) in [4.78, 5) is 33.2. The topological polar surface area (TPSA) is 128 Å². The number of carbonyl (C=O) groups excluding carboxylic acids is 3. The number of carbonyl (C=O) groups is 3. The van der Waals surface area contributed by atoms with Crippen LogP contribution < -0.4 is 10.0 Å². The molecule has 1 rings (SSSR count). The third-order valence-corrected chi connectivity index (χ3v) is 4.62. The van der Waals surface area contributed by atoms with E-state index in [0.29, 0.717) is 6.07 Å². The summed E-state index contributed by atoms with van der Waals surface area (Å²) in [6.07, 6.45) is -2.52. The highest BCUT2D eigenvalue weighted by atomic mass is 32.2. The molecule has 0 heterocycles. The molecule has 9 nitrogen and oxygen atoms in total.